The number of benzene rings is 1. The van der Waals surface area contributed by atoms with Gasteiger partial charge in [0.05, 0.1) is 10.6 Å². The quantitative estimate of drug-likeness (QED) is 0.857. The molecule has 1 aliphatic rings. The van der Waals surface area contributed by atoms with Crippen LogP contribution in [0.15, 0.2) is 23.1 Å². The van der Waals surface area contributed by atoms with Gasteiger partial charge in [-0.2, -0.15) is 0 Å². The molecule has 104 valence electrons. The van der Waals surface area contributed by atoms with Gasteiger partial charge in [0, 0.05) is 18.2 Å². The van der Waals surface area contributed by atoms with E-state index >= 15 is 0 Å². The zero-order chi connectivity index (χ0) is 14.0. The molecule has 1 heterocycles. The van der Waals surface area contributed by atoms with E-state index < -0.39 is 9.84 Å². The number of carbonyl (C=O) groups is 1. The summed E-state index contributed by atoms with van der Waals surface area (Å²) in [6.07, 6.45) is 0.558. The Kier molecular flexibility index (Phi) is 3.91. The van der Waals surface area contributed by atoms with Crippen LogP contribution < -0.4 is 10.6 Å². The number of nitrogens with one attached hydrogen (secondary N) is 2. The fourth-order valence-corrected chi connectivity index (χ4v) is 3.73. The second-order valence-electron chi connectivity index (χ2n) is 4.84. The van der Waals surface area contributed by atoms with E-state index in [1.54, 1.807) is 25.2 Å². The second-order valence-corrected chi connectivity index (χ2v) is 6.92. The van der Waals surface area contributed by atoms with Crippen LogP contribution in [0.25, 0.3) is 0 Å². The van der Waals surface area contributed by atoms with Crippen molar-refractivity contribution in [2.24, 2.45) is 5.92 Å². The predicted molar refractivity (Wildman–Crippen MR) is 73.9 cm³/mol. The zero-order valence-corrected chi connectivity index (χ0v) is 11.9. The molecule has 6 heteroatoms. The molecule has 1 amide bonds. The van der Waals surface area contributed by atoms with E-state index in [1.165, 1.54) is 0 Å². The lowest BCUT2D eigenvalue weighted by molar-refractivity contribution is -0.119. The molecule has 0 aliphatic carbocycles. The van der Waals surface area contributed by atoms with Crippen molar-refractivity contribution < 1.29 is 13.2 Å². The van der Waals surface area contributed by atoms with Gasteiger partial charge >= 0.3 is 0 Å². The molecule has 0 saturated heterocycles. The molecule has 0 spiro atoms. The molecule has 19 heavy (non-hydrogen) atoms. The Balaban J connectivity index is 2.18. The SMILES string of the molecule is CNCC(C)C(=O)Nc1ccc2c(c1)S(=O)(=O)CC2. The van der Waals surface area contributed by atoms with Gasteiger partial charge in [-0.25, -0.2) is 8.42 Å². The van der Waals surface area contributed by atoms with E-state index in [2.05, 4.69) is 10.6 Å². The predicted octanol–water partition coefficient (Wildman–Crippen LogP) is 0.810. The highest BCUT2D eigenvalue weighted by atomic mass is 32.2. The lowest BCUT2D eigenvalue weighted by atomic mass is 10.1. The average Bonchev–Trinajstić information content (AvgIpc) is 2.66. The highest BCUT2D eigenvalue weighted by Crippen LogP contribution is 2.28. The summed E-state index contributed by atoms with van der Waals surface area (Å²) in [7, 11) is -1.37. The van der Waals surface area contributed by atoms with Gasteiger partial charge in [-0.15, -0.1) is 0 Å². The molecular formula is C13H18N2O3S. The van der Waals surface area contributed by atoms with Crippen molar-refractivity contribution in [3.8, 4) is 0 Å². The Morgan fingerprint density at radius 2 is 2.16 bits per heavy atom. The third-order valence-corrected chi connectivity index (χ3v) is 5.06. The Morgan fingerprint density at radius 1 is 1.42 bits per heavy atom. The zero-order valence-electron chi connectivity index (χ0n) is 11.1. The normalized spacial score (nSPS) is 17.8. The van der Waals surface area contributed by atoms with Crippen LogP contribution >= 0.6 is 0 Å². The third-order valence-electron chi connectivity index (χ3n) is 3.27. The van der Waals surface area contributed by atoms with Gasteiger partial charge in [-0.1, -0.05) is 13.0 Å². The van der Waals surface area contributed by atoms with Crippen molar-refractivity contribution in [2.75, 3.05) is 24.7 Å². The lowest BCUT2D eigenvalue weighted by Crippen LogP contribution is -2.28. The molecule has 0 saturated carbocycles. The first kappa shape index (κ1) is 14.0. The summed E-state index contributed by atoms with van der Waals surface area (Å²) in [6, 6.07) is 5.09. The highest BCUT2D eigenvalue weighted by molar-refractivity contribution is 7.91. The summed E-state index contributed by atoms with van der Waals surface area (Å²) >= 11 is 0. The smallest absolute Gasteiger partial charge is 0.228 e. The van der Waals surface area contributed by atoms with Gasteiger partial charge in [-0.3, -0.25) is 4.79 Å². The van der Waals surface area contributed by atoms with Crippen LogP contribution in [0.5, 0.6) is 0 Å². The molecule has 1 atom stereocenters. The summed E-state index contributed by atoms with van der Waals surface area (Å²) in [5.74, 6) is -0.129. The molecule has 0 bridgehead atoms. The molecule has 0 aromatic heterocycles. The van der Waals surface area contributed by atoms with Gasteiger partial charge in [0.25, 0.3) is 0 Å². The molecule has 1 aromatic carbocycles. The maximum Gasteiger partial charge on any atom is 0.228 e. The summed E-state index contributed by atoms with van der Waals surface area (Å²) in [4.78, 5) is 12.2. The minimum atomic E-state index is -3.16. The Labute approximate surface area is 113 Å². The van der Waals surface area contributed by atoms with Crippen molar-refractivity contribution in [3.05, 3.63) is 23.8 Å². The van der Waals surface area contributed by atoms with E-state index in [1.807, 2.05) is 6.92 Å². The average molecular weight is 282 g/mol. The molecular weight excluding hydrogens is 264 g/mol. The molecule has 1 aliphatic heterocycles. The highest BCUT2D eigenvalue weighted by Gasteiger charge is 2.26. The largest absolute Gasteiger partial charge is 0.326 e. The number of anilines is 1. The number of hydrogen-bond acceptors (Lipinski definition) is 4. The minimum Gasteiger partial charge on any atom is -0.326 e. The van der Waals surface area contributed by atoms with Gasteiger partial charge in [0.2, 0.25) is 5.91 Å². The Morgan fingerprint density at radius 3 is 2.84 bits per heavy atom. The number of amides is 1. The number of fused-ring (bicyclic) bond motifs is 1. The molecule has 0 fully saturated rings. The van der Waals surface area contributed by atoms with Crippen LogP contribution in [0.4, 0.5) is 5.69 Å². The third kappa shape index (κ3) is 2.96. The standard InChI is InChI=1S/C13H18N2O3S/c1-9(8-14-2)13(16)15-11-4-3-10-5-6-19(17,18)12(10)7-11/h3-4,7,9,14H,5-6,8H2,1-2H3,(H,15,16). The van der Waals surface area contributed by atoms with E-state index in [4.69, 9.17) is 0 Å². The fourth-order valence-electron chi connectivity index (χ4n) is 2.15. The molecule has 5 nitrogen and oxygen atoms in total. The van der Waals surface area contributed by atoms with Gasteiger partial charge < -0.3 is 10.6 Å². The van der Waals surface area contributed by atoms with Crippen LogP contribution in [-0.2, 0) is 21.1 Å². The Hall–Kier alpha value is -1.40. The number of aryl methyl sites for hydroxylation is 1. The van der Waals surface area contributed by atoms with Crippen LogP contribution in [0.3, 0.4) is 0 Å². The lowest BCUT2D eigenvalue weighted by Gasteiger charge is -2.12. The first-order valence-corrected chi connectivity index (χ1v) is 7.90. The number of carbonyl (C=O) groups excluding carboxylic acids is 1. The topological polar surface area (TPSA) is 75.3 Å². The molecule has 0 radical (unpaired) electrons. The summed E-state index contributed by atoms with van der Waals surface area (Å²) in [5, 5.41) is 5.68. The Bertz CT molecular complexity index is 596. The minimum absolute atomic E-state index is 0.121. The van der Waals surface area contributed by atoms with Crippen molar-refractivity contribution in [2.45, 2.75) is 18.2 Å². The van der Waals surface area contributed by atoms with E-state index in [0.29, 0.717) is 23.5 Å². The van der Waals surface area contributed by atoms with E-state index in [9.17, 15) is 13.2 Å². The second kappa shape index (κ2) is 5.30. The van der Waals surface area contributed by atoms with Gasteiger partial charge in [0.1, 0.15) is 0 Å². The van der Waals surface area contributed by atoms with Crippen molar-refractivity contribution >= 4 is 21.4 Å². The summed E-state index contributed by atoms with van der Waals surface area (Å²) in [6.45, 7) is 2.39. The maximum atomic E-state index is 11.9. The van der Waals surface area contributed by atoms with E-state index in [0.717, 1.165) is 5.56 Å². The van der Waals surface area contributed by atoms with E-state index in [-0.39, 0.29) is 17.6 Å². The first-order chi connectivity index (χ1) is 8.94. The number of rotatable bonds is 4. The molecule has 1 unspecified atom stereocenters. The van der Waals surface area contributed by atoms with Crippen LogP contribution in [0.1, 0.15) is 12.5 Å². The summed E-state index contributed by atoms with van der Waals surface area (Å²) in [5.41, 5.74) is 1.37. The number of hydrogen-bond donors (Lipinski definition) is 2. The van der Waals surface area contributed by atoms with Gasteiger partial charge in [0.15, 0.2) is 9.84 Å². The van der Waals surface area contributed by atoms with Crippen LogP contribution in [0, 0.1) is 5.92 Å². The monoisotopic (exact) mass is 282 g/mol. The molecule has 2 N–H and O–H groups in total. The van der Waals surface area contributed by atoms with Crippen LogP contribution in [-0.4, -0.2) is 33.7 Å². The fraction of sp³-hybridized carbons (Fsp3) is 0.462. The first-order valence-electron chi connectivity index (χ1n) is 6.25. The van der Waals surface area contributed by atoms with Crippen molar-refractivity contribution in [1.29, 1.82) is 0 Å². The van der Waals surface area contributed by atoms with Crippen molar-refractivity contribution in [1.82, 2.24) is 5.32 Å². The van der Waals surface area contributed by atoms with Crippen LogP contribution in [0.2, 0.25) is 0 Å². The maximum absolute atomic E-state index is 11.9. The summed E-state index contributed by atoms with van der Waals surface area (Å²) < 4.78 is 23.6. The number of sulfone groups is 1. The van der Waals surface area contributed by atoms with Crippen molar-refractivity contribution in [3.63, 3.8) is 0 Å². The molecule has 2 rings (SSSR count). The molecule has 1 aromatic rings. The van der Waals surface area contributed by atoms with Gasteiger partial charge in [-0.05, 0) is 31.2 Å².